The van der Waals surface area contributed by atoms with Gasteiger partial charge >= 0.3 is 5.97 Å². The average molecular weight is 947 g/mol. The fourth-order valence-electron chi connectivity index (χ4n) is 8.08. The summed E-state index contributed by atoms with van der Waals surface area (Å²) in [5.74, 6) is -7.62. The molecule has 2 aliphatic rings. The zero-order chi connectivity index (χ0) is 49.2. The van der Waals surface area contributed by atoms with Gasteiger partial charge in [-0.25, -0.2) is 0 Å². The molecule has 0 saturated carbocycles. The number of aliphatic hydroxyl groups is 1. The number of aliphatic carboxylic acids is 1. The van der Waals surface area contributed by atoms with Crippen molar-refractivity contribution in [1.82, 2.24) is 36.4 Å². The van der Waals surface area contributed by atoms with E-state index >= 15 is 0 Å². The SMILES string of the molecule is CSCC[C@H](NC(=O)[C@H](CC(C)C)N1C[C@H]2CCN(C(=O)[C@@H](NC(=O)[C@H](Cc3ccccc3)NC(=O)[C@H](CO)NC(=O)[C@H](CC(=O)O)NC(=O)[C@@H](N)CCCCN)C(C)C)[C@H]2C1=O)C(N)=O. The van der Waals surface area contributed by atoms with Crippen molar-refractivity contribution in [2.75, 3.05) is 38.2 Å². The molecule has 368 valence electrons. The Labute approximate surface area is 390 Å². The number of nitrogens with one attached hydrogen (secondary N) is 5. The Hall–Kier alpha value is -5.32. The number of hydrogen-bond donors (Lipinski definition) is 10. The van der Waals surface area contributed by atoms with Crippen LogP contribution in [0.3, 0.4) is 0 Å². The Kier molecular flexibility index (Phi) is 22.3. The largest absolute Gasteiger partial charge is 0.481 e. The summed E-state index contributed by atoms with van der Waals surface area (Å²) in [6, 6.07) is -1.22. The van der Waals surface area contributed by atoms with E-state index in [2.05, 4.69) is 26.6 Å². The fourth-order valence-corrected chi connectivity index (χ4v) is 8.55. The number of rotatable bonds is 28. The smallest absolute Gasteiger partial charge is 0.305 e. The van der Waals surface area contributed by atoms with Gasteiger partial charge in [-0.05, 0) is 68.1 Å². The first-order valence-corrected chi connectivity index (χ1v) is 23.9. The molecule has 0 unspecified atom stereocenters. The van der Waals surface area contributed by atoms with Crippen LogP contribution in [0.1, 0.15) is 78.2 Å². The lowest BCUT2D eigenvalue weighted by Crippen LogP contribution is -2.61. The highest BCUT2D eigenvalue weighted by molar-refractivity contribution is 7.98. The molecule has 0 spiro atoms. The number of thioether (sulfide) groups is 1. The molecule has 1 aromatic carbocycles. The molecule has 0 radical (unpaired) electrons. The quantitative estimate of drug-likeness (QED) is 0.0405. The molecule has 66 heavy (non-hydrogen) atoms. The third-order valence-electron chi connectivity index (χ3n) is 11.7. The van der Waals surface area contributed by atoms with Gasteiger partial charge in [0.05, 0.1) is 19.1 Å². The summed E-state index contributed by atoms with van der Waals surface area (Å²) < 4.78 is 0. The van der Waals surface area contributed by atoms with Crippen molar-refractivity contribution in [3.8, 4) is 0 Å². The van der Waals surface area contributed by atoms with Crippen molar-refractivity contribution in [2.45, 2.75) is 127 Å². The fraction of sp³-hybridized carbons (Fsp3) is 0.659. The number of nitrogens with zero attached hydrogens (tertiary/aromatic N) is 2. The number of fused-ring (bicyclic) bond motifs is 1. The van der Waals surface area contributed by atoms with Gasteiger partial charge in [-0.1, -0.05) is 64.4 Å². The highest BCUT2D eigenvalue weighted by atomic mass is 32.2. The topological polar surface area (TPSA) is 339 Å². The number of nitrogens with two attached hydrogens (primary N) is 3. The summed E-state index contributed by atoms with van der Waals surface area (Å²) >= 11 is 1.50. The Morgan fingerprint density at radius 3 is 2.00 bits per heavy atom. The minimum Gasteiger partial charge on any atom is -0.481 e. The highest BCUT2D eigenvalue weighted by Crippen LogP contribution is 2.35. The lowest BCUT2D eigenvalue weighted by atomic mass is 9.99. The lowest BCUT2D eigenvalue weighted by Gasteiger charge is -2.33. The molecule has 2 aliphatic heterocycles. The first kappa shape index (κ1) is 55.0. The van der Waals surface area contributed by atoms with Crippen LogP contribution in [0.5, 0.6) is 0 Å². The summed E-state index contributed by atoms with van der Waals surface area (Å²) in [5.41, 5.74) is 17.6. The van der Waals surface area contributed by atoms with Gasteiger partial charge in [0.15, 0.2) is 0 Å². The first-order valence-electron chi connectivity index (χ1n) is 22.5. The van der Waals surface area contributed by atoms with Crippen molar-refractivity contribution < 1.29 is 53.4 Å². The second kappa shape index (κ2) is 26.7. The Morgan fingerprint density at radius 2 is 1.42 bits per heavy atom. The summed E-state index contributed by atoms with van der Waals surface area (Å²) in [6.07, 6.45) is 3.27. The van der Waals surface area contributed by atoms with Crippen molar-refractivity contribution in [3.63, 3.8) is 0 Å². The Bertz CT molecular complexity index is 1860. The molecule has 1 aromatic rings. The molecule has 0 bridgehead atoms. The molecule has 21 nitrogen and oxygen atoms in total. The second-order valence-corrected chi connectivity index (χ2v) is 18.7. The average Bonchev–Trinajstić information content (AvgIpc) is 3.83. The van der Waals surface area contributed by atoms with Gasteiger partial charge in [0, 0.05) is 25.4 Å². The first-order chi connectivity index (χ1) is 31.2. The second-order valence-electron chi connectivity index (χ2n) is 17.7. The van der Waals surface area contributed by atoms with Gasteiger partial charge in [0.1, 0.15) is 42.3 Å². The van der Waals surface area contributed by atoms with Crippen LogP contribution in [0.2, 0.25) is 0 Å². The molecule has 22 heteroatoms. The maximum atomic E-state index is 14.5. The van der Waals surface area contributed by atoms with Crippen molar-refractivity contribution >= 4 is 65.0 Å². The molecule has 0 aliphatic carbocycles. The van der Waals surface area contributed by atoms with Crippen molar-refractivity contribution in [2.24, 2.45) is 35.0 Å². The van der Waals surface area contributed by atoms with Crippen LogP contribution in [-0.4, -0.2) is 160 Å². The number of primary amides is 1. The number of benzene rings is 1. The minimum absolute atomic E-state index is 0.0126. The zero-order valence-electron chi connectivity index (χ0n) is 38.5. The maximum Gasteiger partial charge on any atom is 0.305 e. The number of hydrogen-bond acceptors (Lipinski definition) is 13. The van der Waals surface area contributed by atoms with E-state index in [1.165, 1.54) is 21.6 Å². The van der Waals surface area contributed by atoms with E-state index in [4.69, 9.17) is 17.2 Å². The molecule has 9 atom stereocenters. The Balaban J connectivity index is 1.82. The third kappa shape index (κ3) is 15.9. The lowest BCUT2D eigenvalue weighted by molar-refractivity contribution is -0.147. The molecule has 2 fully saturated rings. The van der Waals surface area contributed by atoms with Gasteiger partial charge in [-0.2, -0.15) is 11.8 Å². The molecule has 13 N–H and O–H groups in total. The van der Waals surface area contributed by atoms with E-state index in [-0.39, 0.29) is 37.8 Å². The van der Waals surface area contributed by atoms with Crippen LogP contribution >= 0.6 is 11.8 Å². The molecule has 0 aromatic heterocycles. The Morgan fingerprint density at radius 1 is 0.818 bits per heavy atom. The van der Waals surface area contributed by atoms with Crippen LogP contribution in [-0.2, 0) is 49.6 Å². The number of unbranched alkanes of at least 4 members (excludes halogenated alkanes) is 1. The van der Waals surface area contributed by atoms with Crippen LogP contribution in [0.4, 0.5) is 0 Å². The van der Waals surface area contributed by atoms with Gasteiger partial charge in [0.25, 0.3) is 0 Å². The summed E-state index contributed by atoms with van der Waals surface area (Å²) in [7, 11) is 0. The zero-order valence-corrected chi connectivity index (χ0v) is 39.3. The van der Waals surface area contributed by atoms with Crippen LogP contribution in [0, 0.1) is 17.8 Å². The van der Waals surface area contributed by atoms with E-state index in [0.29, 0.717) is 50.0 Å². The van der Waals surface area contributed by atoms with Crippen LogP contribution in [0.15, 0.2) is 30.3 Å². The molecule has 3 rings (SSSR count). The standard InChI is InChI=1S/C44H70N10O11S/c1-24(2)19-33(42(63)48-29(37(47)58)15-18-66-5)54-22-27-14-17-53(36(27)44(54)65)43(64)35(25(3)4)52-40(61)30(20-26-11-7-6-8-12-26)50-41(62)32(23-55)51-39(60)31(21-34(56)57)49-38(59)28(46)13-9-10-16-45/h6-8,11-12,24-25,27-33,35-36,55H,9-10,13-23,45-46H2,1-5H3,(H2,47,58)(H,48,63)(H,49,59)(H,50,62)(H,51,60)(H,52,61)(H,56,57)/t27-,28+,29+,30+,31+,32+,33+,35+,36-/m1/s1. The number of carbonyl (C=O) groups excluding carboxylic acids is 8. The number of carbonyl (C=O) groups is 9. The summed E-state index contributed by atoms with van der Waals surface area (Å²) in [6.45, 7) is 7.02. The van der Waals surface area contributed by atoms with E-state index in [0.717, 1.165) is 0 Å². The van der Waals surface area contributed by atoms with Gasteiger partial charge in [0.2, 0.25) is 47.3 Å². The van der Waals surface area contributed by atoms with E-state index in [9.17, 15) is 53.4 Å². The van der Waals surface area contributed by atoms with Gasteiger partial charge in [-0.15, -0.1) is 0 Å². The molecular formula is C44H70N10O11S. The van der Waals surface area contributed by atoms with E-state index in [1.54, 1.807) is 44.2 Å². The minimum atomic E-state index is -1.71. The number of amides is 8. The predicted molar refractivity (Wildman–Crippen MR) is 246 cm³/mol. The molecule has 2 heterocycles. The maximum absolute atomic E-state index is 14.5. The van der Waals surface area contributed by atoms with Gasteiger partial charge < -0.3 is 63.8 Å². The number of likely N-dealkylation sites (tertiary alicyclic amines) is 2. The number of carboxylic acids is 1. The third-order valence-corrected chi connectivity index (χ3v) is 12.3. The van der Waals surface area contributed by atoms with E-state index < -0.39 is 121 Å². The van der Waals surface area contributed by atoms with Crippen LogP contribution in [0.25, 0.3) is 0 Å². The monoisotopic (exact) mass is 946 g/mol. The number of aliphatic hydroxyl groups excluding tert-OH is 1. The van der Waals surface area contributed by atoms with Crippen LogP contribution < -0.4 is 43.8 Å². The van der Waals surface area contributed by atoms with Crippen molar-refractivity contribution in [1.29, 1.82) is 0 Å². The molecule has 8 amide bonds. The van der Waals surface area contributed by atoms with E-state index in [1.807, 2.05) is 20.1 Å². The van der Waals surface area contributed by atoms with Gasteiger partial charge in [-0.3, -0.25) is 43.2 Å². The normalized spacial score (nSPS) is 18.9. The van der Waals surface area contributed by atoms with Crippen molar-refractivity contribution in [3.05, 3.63) is 35.9 Å². The summed E-state index contributed by atoms with van der Waals surface area (Å²) in [5, 5.41) is 32.3. The highest BCUT2D eigenvalue weighted by Gasteiger charge is 2.53. The molecule has 2 saturated heterocycles. The number of carboxylic acid groups (broad SMARTS) is 1. The molecular weight excluding hydrogens is 877 g/mol. The summed E-state index contributed by atoms with van der Waals surface area (Å²) in [4.78, 5) is 123. The predicted octanol–water partition coefficient (Wildman–Crippen LogP) is -2.06.